The first-order valence-corrected chi connectivity index (χ1v) is 10.7. The van der Waals surface area contributed by atoms with Crippen molar-refractivity contribution in [3.8, 4) is 5.75 Å². The predicted molar refractivity (Wildman–Crippen MR) is 113 cm³/mol. The molecular formula is C25H26FNO3. The number of rotatable bonds is 3. The van der Waals surface area contributed by atoms with E-state index in [-0.39, 0.29) is 5.82 Å². The van der Waals surface area contributed by atoms with E-state index >= 15 is 0 Å². The zero-order chi connectivity index (χ0) is 20.9. The van der Waals surface area contributed by atoms with Crippen LogP contribution in [0.5, 0.6) is 5.75 Å². The maximum Gasteiger partial charge on any atom is 0.310 e. The number of ether oxygens (including phenoxy) is 1. The van der Waals surface area contributed by atoms with E-state index in [1.165, 1.54) is 17.2 Å². The molecule has 1 aliphatic carbocycles. The van der Waals surface area contributed by atoms with Gasteiger partial charge in [0.05, 0.1) is 5.41 Å². The standard InChI is InChI=1S/C25H26FNO3/c1-16-2-4-20-18(12-16)14-30-22-5-3-19(26)13-21(22)23(20)17-6-10-27(11-7-17)15-25(8-9-25)24(28)29/h2-5,12-13H,6-11,14-15H2,1H3,(H,28,29). The molecule has 2 fully saturated rings. The predicted octanol–water partition coefficient (Wildman–Crippen LogP) is 4.79. The van der Waals surface area contributed by atoms with Crippen LogP contribution in [0, 0.1) is 18.2 Å². The van der Waals surface area contributed by atoms with Crippen LogP contribution in [0.2, 0.25) is 0 Å². The van der Waals surface area contributed by atoms with E-state index in [4.69, 9.17) is 4.74 Å². The van der Waals surface area contributed by atoms with Gasteiger partial charge in [-0.1, -0.05) is 29.3 Å². The number of aryl methyl sites for hydroxylation is 1. The van der Waals surface area contributed by atoms with E-state index in [9.17, 15) is 14.3 Å². The first kappa shape index (κ1) is 19.3. The summed E-state index contributed by atoms with van der Waals surface area (Å²) in [7, 11) is 0. The Labute approximate surface area is 176 Å². The molecule has 2 heterocycles. The van der Waals surface area contributed by atoms with Crippen LogP contribution in [0.25, 0.3) is 5.57 Å². The highest BCUT2D eigenvalue weighted by Crippen LogP contribution is 2.47. The third-order valence-electron chi connectivity index (χ3n) is 6.77. The lowest BCUT2D eigenvalue weighted by molar-refractivity contribution is -0.144. The molecule has 0 radical (unpaired) electrons. The third kappa shape index (κ3) is 3.41. The van der Waals surface area contributed by atoms with E-state index in [0.717, 1.165) is 66.8 Å². The van der Waals surface area contributed by atoms with Gasteiger partial charge in [-0.3, -0.25) is 4.79 Å². The Morgan fingerprint density at radius 3 is 2.60 bits per heavy atom. The molecule has 0 aromatic heterocycles. The Balaban J connectivity index is 1.51. The minimum Gasteiger partial charge on any atom is -0.488 e. The molecule has 5 rings (SSSR count). The SMILES string of the molecule is Cc1ccc2c(c1)COc1ccc(F)cc1C2=C1CCN(CC2(C(=O)O)CC2)CC1. The van der Waals surface area contributed by atoms with Crippen molar-refractivity contribution in [3.05, 3.63) is 70.0 Å². The molecule has 1 saturated heterocycles. The molecule has 1 N–H and O–H groups in total. The average Bonchev–Trinajstić information content (AvgIpc) is 3.52. The normalized spacial score (nSPS) is 20.1. The van der Waals surface area contributed by atoms with Gasteiger partial charge in [-0.2, -0.15) is 0 Å². The van der Waals surface area contributed by atoms with Crippen LogP contribution in [0.15, 0.2) is 42.0 Å². The van der Waals surface area contributed by atoms with Gasteiger partial charge in [0.25, 0.3) is 0 Å². The van der Waals surface area contributed by atoms with Crippen LogP contribution >= 0.6 is 0 Å². The minimum absolute atomic E-state index is 0.263. The molecule has 5 heteroatoms. The lowest BCUT2D eigenvalue weighted by Crippen LogP contribution is -2.38. The molecule has 0 unspecified atom stereocenters. The second-order valence-corrected chi connectivity index (χ2v) is 8.93. The summed E-state index contributed by atoms with van der Waals surface area (Å²) < 4.78 is 20.2. The van der Waals surface area contributed by atoms with Gasteiger partial charge in [0.15, 0.2) is 0 Å². The zero-order valence-corrected chi connectivity index (χ0v) is 17.2. The smallest absolute Gasteiger partial charge is 0.310 e. The number of aliphatic carboxylic acids is 1. The summed E-state index contributed by atoms with van der Waals surface area (Å²) in [4.78, 5) is 13.8. The highest BCUT2D eigenvalue weighted by atomic mass is 19.1. The van der Waals surface area contributed by atoms with Crippen LogP contribution in [0.1, 0.15) is 47.9 Å². The highest BCUT2D eigenvalue weighted by molar-refractivity contribution is 5.87. The summed E-state index contributed by atoms with van der Waals surface area (Å²) in [5, 5.41) is 9.50. The first-order valence-electron chi connectivity index (χ1n) is 10.7. The fourth-order valence-corrected chi connectivity index (χ4v) is 4.84. The largest absolute Gasteiger partial charge is 0.488 e. The van der Waals surface area contributed by atoms with E-state index in [2.05, 4.69) is 30.0 Å². The van der Waals surface area contributed by atoms with Crippen LogP contribution < -0.4 is 4.74 Å². The maximum absolute atomic E-state index is 14.2. The number of likely N-dealkylation sites (tertiary alicyclic amines) is 1. The van der Waals surface area contributed by atoms with Gasteiger partial charge in [-0.25, -0.2) is 4.39 Å². The first-order chi connectivity index (χ1) is 14.4. The van der Waals surface area contributed by atoms with Gasteiger partial charge in [-0.05, 0) is 67.5 Å². The molecule has 2 aliphatic heterocycles. The fourth-order valence-electron chi connectivity index (χ4n) is 4.84. The number of carbonyl (C=O) groups is 1. The number of nitrogens with zero attached hydrogens (tertiary/aromatic N) is 1. The number of hydrogen-bond acceptors (Lipinski definition) is 3. The lowest BCUT2D eigenvalue weighted by Gasteiger charge is -2.32. The van der Waals surface area contributed by atoms with Crippen molar-refractivity contribution in [1.29, 1.82) is 0 Å². The number of carboxylic acid groups (broad SMARTS) is 1. The summed E-state index contributed by atoms with van der Waals surface area (Å²) >= 11 is 0. The van der Waals surface area contributed by atoms with Gasteiger partial charge in [0, 0.05) is 25.2 Å². The summed E-state index contributed by atoms with van der Waals surface area (Å²) in [6.45, 7) is 4.84. The Morgan fingerprint density at radius 1 is 1.13 bits per heavy atom. The topological polar surface area (TPSA) is 49.8 Å². The Morgan fingerprint density at radius 2 is 1.90 bits per heavy atom. The van der Waals surface area contributed by atoms with Crippen molar-refractivity contribution >= 4 is 11.5 Å². The van der Waals surface area contributed by atoms with E-state index < -0.39 is 11.4 Å². The van der Waals surface area contributed by atoms with Gasteiger partial charge in [-0.15, -0.1) is 0 Å². The average molecular weight is 407 g/mol. The molecular weight excluding hydrogens is 381 g/mol. The molecule has 0 atom stereocenters. The quantitative estimate of drug-likeness (QED) is 0.795. The summed E-state index contributed by atoms with van der Waals surface area (Å²) in [6.07, 6.45) is 3.27. The zero-order valence-electron chi connectivity index (χ0n) is 17.2. The van der Waals surface area contributed by atoms with Crippen LogP contribution in [-0.2, 0) is 11.4 Å². The summed E-state index contributed by atoms with van der Waals surface area (Å²) in [5.74, 6) is -0.208. The van der Waals surface area contributed by atoms with Crippen LogP contribution in [0.4, 0.5) is 4.39 Å². The molecule has 0 bridgehead atoms. The number of fused-ring (bicyclic) bond motifs is 2. The van der Waals surface area contributed by atoms with E-state index in [0.29, 0.717) is 13.2 Å². The molecule has 30 heavy (non-hydrogen) atoms. The molecule has 156 valence electrons. The highest BCUT2D eigenvalue weighted by Gasteiger charge is 2.51. The number of benzene rings is 2. The van der Waals surface area contributed by atoms with Gasteiger partial charge < -0.3 is 14.7 Å². The Hall–Kier alpha value is -2.66. The maximum atomic E-state index is 14.2. The summed E-state index contributed by atoms with van der Waals surface area (Å²) in [5.41, 5.74) is 6.12. The molecule has 0 spiro atoms. The second kappa shape index (κ2) is 7.24. The van der Waals surface area contributed by atoms with Crippen LogP contribution in [-0.4, -0.2) is 35.6 Å². The molecule has 1 saturated carbocycles. The molecule has 2 aromatic carbocycles. The minimum atomic E-state index is -0.665. The van der Waals surface area contributed by atoms with Crippen molar-refractivity contribution in [3.63, 3.8) is 0 Å². The lowest BCUT2D eigenvalue weighted by atomic mass is 9.86. The van der Waals surface area contributed by atoms with E-state index in [1.54, 1.807) is 12.1 Å². The van der Waals surface area contributed by atoms with Gasteiger partial charge in [0.1, 0.15) is 18.2 Å². The molecule has 4 nitrogen and oxygen atoms in total. The number of carboxylic acids is 1. The molecule has 0 amide bonds. The fraction of sp³-hybridized carbons (Fsp3) is 0.400. The van der Waals surface area contributed by atoms with Crippen molar-refractivity contribution < 1.29 is 19.0 Å². The van der Waals surface area contributed by atoms with E-state index in [1.807, 2.05) is 0 Å². The molecule has 3 aliphatic rings. The molecule has 2 aromatic rings. The van der Waals surface area contributed by atoms with Crippen LogP contribution in [0.3, 0.4) is 0 Å². The number of halogens is 1. The summed E-state index contributed by atoms with van der Waals surface area (Å²) in [6, 6.07) is 11.1. The van der Waals surface area contributed by atoms with Crippen molar-refractivity contribution in [1.82, 2.24) is 4.90 Å². The van der Waals surface area contributed by atoms with Crippen molar-refractivity contribution in [2.45, 2.75) is 39.2 Å². The Kier molecular flexibility index (Phi) is 4.66. The van der Waals surface area contributed by atoms with Crippen molar-refractivity contribution in [2.75, 3.05) is 19.6 Å². The van der Waals surface area contributed by atoms with Gasteiger partial charge in [0.2, 0.25) is 0 Å². The Bertz CT molecular complexity index is 1040. The van der Waals surface area contributed by atoms with Crippen molar-refractivity contribution in [2.24, 2.45) is 5.41 Å². The monoisotopic (exact) mass is 407 g/mol. The second-order valence-electron chi connectivity index (χ2n) is 8.93. The third-order valence-corrected chi connectivity index (χ3v) is 6.77. The number of hydrogen-bond donors (Lipinski definition) is 1. The van der Waals surface area contributed by atoms with Gasteiger partial charge >= 0.3 is 5.97 Å². The number of piperidine rings is 1.